The number of rotatable bonds is 12. The van der Waals surface area contributed by atoms with Gasteiger partial charge >= 0.3 is 12.2 Å². The zero-order valence-corrected chi connectivity index (χ0v) is 32.7. The van der Waals surface area contributed by atoms with Gasteiger partial charge in [-0.2, -0.15) is 5.26 Å². The second-order valence-electron chi connectivity index (χ2n) is 16.3. The number of amides is 2. The van der Waals surface area contributed by atoms with Crippen LogP contribution >= 0.6 is 0 Å². The lowest BCUT2D eigenvalue weighted by Gasteiger charge is -2.39. The first-order valence-corrected chi connectivity index (χ1v) is 19.1. The number of carbonyl (C=O) groups excluding carboxylic acids is 2. The molecule has 11 heteroatoms. The quantitative estimate of drug-likeness (QED) is 0.188. The van der Waals surface area contributed by atoms with E-state index in [-0.39, 0.29) is 47.6 Å². The van der Waals surface area contributed by atoms with Crippen LogP contribution in [0.25, 0.3) is 11.1 Å². The molecule has 1 aliphatic heterocycles. The third-order valence-electron chi connectivity index (χ3n) is 9.78. The fourth-order valence-corrected chi connectivity index (χ4v) is 6.94. The molecule has 3 aromatic carbocycles. The average Bonchev–Trinajstić information content (AvgIpc) is 3.08. The van der Waals surface area contributed by atoms with Gasteiger partial charge in [-0.3, -0.25) is 0 Å². The highest BCUT2D eigenvalue weighted by molar-refractivity contribution is 5.76. The first kappa shape index (κ1) is 40.5. The number of nitrogens with one attached hydrogen (secondary N) is 1. The highest BCUT2D eigenvalue weighted by Crippen LogP contribution is 2.38. The van der Waals surface area contributed by atoms with Crippen LogP contribution in [-0.4, -0.2) is 79.3 Å². The molecule has 1 atom stereocenters. The Labute approximate surface area is 319 Å². The fraction of sp³-hybridized carbons (Fsp3) is 0.512. The van der Waals surface area contributed by atoms with Crippen molar-refractivity contribution in [2.45, 2.75) is 109 Å². The number of nitrogens with two attached hydrogens (primary N) is 1. The van der Waals surface area contributed by atoms with Crippen LogP contribution in [0.5, 0.6) is 5.75 Å². The molecule has 10 nitrogen and oxygen atoms in total. The summed E-state index contributed by atoms with van der Waals surface area (Å²) in [6.07, 6.45) is 2.00. The van der Waals surface area contributed by atoms with E-state index in [1.165, 1.54) is 6.07 Å². The molecule has 0 spiro atoms. The maximum atomic E-state index is 16.4. The summed E-state index contributed by atoms with van der Waals surface area (Å²) in [4.78, 5) is 28.4. The summed E-state index contributed by atoms with van der Waals surface area (Å²) in [5.41, 5.74) is 2.26. The van der Waals surface area contributed by atoms with Crippen LogP contribution in [0, 0.1) is 24.1 Å². The second-order valence-corrected chi connectivity index (χ2v) is 16.3. The van der Waals surface area contributed by atoms with E-state index in [1.54, 1.807) is 6.07 Å². The Bertz CT molecular complexity index is 1790. The SMILES string of the molecule is Cc1ccc(C(CN(C(=O)OC(C)(C)C)C2CCC(NC(=O)OC(C)(C)C)CC2)c2ccccc2)cc1-c1c(C#N)ccc(OCCOC2C[NH2+]C2)c1F. The number of carbonyl (C=O) groups is 2. The summed E-state index contributed by atoms with van der Waals surface area (Å²) in [5.74, 6) is -0.857. The molecular formula is C43H56FN4O6+. The number of halogens is 1. The van der Waals surface area contributed by atoms with Crippen molar-refractivity contribution < 1.29 is 38.2 Å². The van der Waals surface area contributed by atoms with E-state index >= 15 is 4.39 Å². The average molecular weight is 744 g/mol. The lowest BCUT2D eigenvalue weighted by Crippen LogP contribution is -2.98. The van der Waals surface area contributed by atoms with Crippen molar-refractivity contribution >= 4 is 12.2 Å². The normalized spacial score (nSPS) is 18.1. The van der Waals surface area contributed by atoms with Crippen molar-refractivity contribution in [2.24, 2.45) is 0 Å². The maximum Gasteiger partial charge on any atom is 0.410 e. The Hall–Kier alpha value is -4.66. The first-order chi connectivity index (χ1) is 25.6. The molecule has 3 N–H and O–H groups in total. The van der Waals surface area contributed by atoms with Gasteiger partial charge in [0.1, 0.15) is 30.9 Å². The van der Waals surface area contributed by atoms with E-state index in [9.17, 15) is 14.9 Å². The summed E-state index contributed by atoms with van der Waals surface area (Å²) >= 11 is 0. The van der Waals surface area contributed by atoms with Crippen LogP contribution in [-0.2, 0) is 14.2 Å². The van der Waals surface area contributed by atoms with E-state index in [4.69, 9.17) is 18.9 Å². The molecule has 5 rings (SSSR count). The minimum atomic E-state index is -0.718. The molecule has 3 aromatic rings. The molecule has 1 unspecified atom stereocenters. The summed E-state index contributed by atoms with van der Waals surface area (Å²) < 4.78 is 39.5. The van der Waals surface area contributed by atoms with Crippen molar-refractivity contribution in [3.05, 3.63) is 88.7 Å². The fourth-order valence-electron chi connectivity index (χ4n) is 6.94. The third kappa shape index (κ3) is 11.0. The number of hydrogen-bond donors (Lipinski definition) is 2. The van der Waals surface area contributed by atoms with Crippen LogP contribution in [0.1, 0.15) is 95.4 Å². The Morgan fingerprint density at radius 2 is 1.61 bits per heavy atom. The number of nitriles is 1. The number of aryl methyl sites for hydroxylation is 1. The van der Waals surface area contributed by atoms with Crippen molar-refractivity contribution in [3.8, 4) is 22.9 Å². The van der Waals surface area contributed by atoms with Crippen molar-refractivity contribution in [1.82, 2.24) is 10.2 Å². The zero-order valence-electron chi connectivity index (χ0n) is 32.7. The Kier molecular flexibility index (Phi) is 13.2. The third-order valence-corrected chi connectivity index (χ3v) is 9.78. The topological polar surface area (TPSA) is 127 Å². The van der Waals surface area contributed by atoms with E-state index in [0.29, 0.717) is 44.4 Å². The predicted octanol–water partition coefficient (Wildman–Crippen LogP) is 7.22. The van der Waals surface area contributed by atoms with Gasteiger partial charge in [0.05, 0.1) is 18.2 Å². The van der Waals surface area contributed by atoms with Crippen molar-refractivity contribution in [2.75, 3.05) is 32.8 Å². The standard InChI is InChI=1S/C43H55FN4O6/c1-28-13-14-30(23-35(28)38-31(24-45)15-20-37(39(38)44)52-22-21-51-34-25-46-26-34)36(29-11-9-8-10-12-29)27-48(41(50)54-43(5,6)7)33-18-16-32(17-19-33)47-40(49)53-42(2,3)4/h8-15,20,23,32-34,36,46H,16-19,21-22,25-27H2,1-7H3,(H,47,49)/p+1. The summed E-state index contributed by atoms with van der Waals surface area (Å²) in [7, 11) is 0. The van der Waals surface area contributed by atoms with Gasteiger partial charge in [-0.05, 0) is 109 Å². The summed E-state index contributed by atoms with van der Waals surface area (Å²) in [6.45, 7) is 15.6. The zero-order chi connectivity index (χ0) is 39.0. The minimum Gasteiger partial charge on any atom is -0.488 e. The molecule has 2 amide bonds. The molecule has 0 bridgehead atoms. The Morgan fingerprint density at radius 1 is 0.926 bits per heavy atom. The van der Waals surface area contributed by atoms with E-state index in [2.05, 4.69) is 16.7 Å². The molecule has 1 heterocycles. The molecule has 2 aliphatic rings. The number of benzene rings is 3. The smallest absolute Gasteiger partial charge is 0.410 e. The van der Waals surface area contributed by atoms with Crippen molar-refractivity contribution in [1.29, 1.82) is 5.26 Å². The van der Waals surface area contributed by atoms with Crippen molar-refractivity contribution in [3.63, 3.8) is 0 Å². The molecule has 290 valence electrons. The monoisotopic (exact) mass is 743 g/mol. The number of nitrogens with zero attached hydrogens (tertiary/aromatic N) is 2. The molecule has 1 saturated heterocycles. The van der Waals surface area contributed by atoms with Crippen LogP contribution in [0.3, 0.4) is 0 Å². The van der Waals surface area contributed by atoms with Crippen LogP contribution in [0.4, 0.5) is 14.0 Å². The van der Waals surface area contributed by atoms with Gasteiger partial charge in [-0.15, -0.1) is 0 Å². The van der Waals surface area contributed by atoms with Gasteiger partial charge < -0.3 is 34.5 Å². The van der Waals surface area contributed by atoms with E-state index in [0.717, 1.165) is 29.8 Å². The van der Waals surface area contributed by atoms with Crippen LogP contribution in [0.15, 0.2) is 60.7 Å². The largest absolute Gasteiger partial charge is 0.488 e. The van der Waals surface area contributed by atoms with Gasteiger partial charge in [0.15, 0.2) is 17.7 Å². The maximum absolute atomic E-state index is 16.4. The van der Waals surface area contributed by atoms with Gasteiger partial charge in [0, 0.05) is 30.1 Å². The second kappa shape index (κ2) is 17.7. The van der Waals surface area contributed by atoms with Gasteiger partial charge in [-0.1, -0.05) is 48.5 Å². The van der Waals surface area contributed by atoms with E-state index in [1.807, 2.05) is 102 Å². The Morgan fingerprint density at radius 3 is 2.22 bits per heavy atom. The Balaban J connectivity index is 1.45. The molecule has 0 radical (unpaired) electrons. The van der Waals surface area contributed by atoms with Gasteiger partial charge in [-0.25, -0.2) is 14.0 Å². The van der Waals surface area contributed by atoms with Gasteiger partial charge in [0.25, 0.3) is 0 Å². The lowest BCUT2D eigenvalue weighted by molar-refractivity contribution is -0.724. The number of quaternary nitrogens is 1. The summed E-state index contributed by atoms with van der Waals surface area (Å²) in [6, 6.07) is 20.8. The summed E-state index contributed by atoms with van der Waals surface area (Å²) in [5, 5.41) is 15.3. The van der Waals surface area contributed by atoms with Gasteiger partial charge in [0.2, 0.25) is 0 Å². The minimum absolute atomic E-state index is 0.0602. The molecule has 1 saturated carbocycles. The molecule has 54 heavy (non-hydrogen) atoms. The highest BCUT2D eigenvalue weighted by atomic mass is 19.1. The predicted molar refractivity (Wildman–Crippen MR) is 205 cm³/mol. The molecule has 0 aromatic heterocycles. The van der Waals surface area contributed by atoms with Crippen LogP contribution in [0.2, 0.25) is 0 Å². The first-order valence-electron chi connectivity index (χ1n) is 19.1. The lowest BCUT2D eigenvalue weighted by atomic mass is 9.85. The highest BCUT2D eigenvalue weighted by Gasteiger charge is 2.35. The van der Waals surface area contributed by atoms with Crippen LogP contribution < -0.4 is 15.4 Å². The van der Waals surface area contributed by atoms with E-state index < -0.39 is 29.2 Å². The molecule has 2 fully saturated rings. The molecular weight excluding hydrogens is 687 g/mol. The number of hydrogen-bond acceptors (Lipinski definition) is 7. The molecule has 1 aliphatic carbocycles. The number of ether oxygens (including phenoxy) is 4. The number of alkyl carbamates (subject to hydrolysis) is 1.